The van der Waals surface area contributed by atoms with Crippen LogP contribution in [-0.4, -0.2) is 0 Å². The SMILES string of the molecule is Cc1cc(-c2c(C)ccc3c2Cc2c-3cccc2C2CCC3(CC2)CCC(C)(C)CC3)[n+](C)cc1C. The highest BCUT2D eigenvalue weighted by molar-refractivity contribution is 5.85. The topological polar surface area (TPSA) is 3.88 Å². The lowest BCUT2D eigenvalue weighted by Gasteiger charge is -2.47. The molecule has 0 unspecified atom stereocenters. The van der Waals surface area contributed by atoms with Gasteiger partial charge in [-0.05, 0) is 134 Å². The van der Waals surface area contributed by atoms with Gasteiger partial charge in [0.25, 0.3) is 0 Å². The summed E-state index contributed by atoms with van der Waals surface area (Å²) in [5.41, 5.74) is 15.9. The second-order valence-electron chi connectivity index (χ2n) is 13.4. The zero-order valence-electron chi connectivity index (χ0n) is 23.4. The van der Waals surface area contributed by atoms with Crippen molar-refractivity contribution in [1.29, 1.82) is 0 Å². The molecule has 1 heterocycles. The van der Waals surface area contributed by atoms with Crippen molar-refractivity contribution in [1.82, 2.24) is 0 Å². The van der Waals surface area contributed by atoms with Crippen LogP contribution in [0.5, 0.6) is 0 Å². The van der Waals surface area contributed by atoms with Crippen molar-refractivity contribution in [2.45, 2.75) is 98.3 Å². The Kier molecular flexibility index (Phi) is 5.71. The molecule has 2 aromatic carbocycles. The maximum atomic E-state index is 2.48. The minimum Gasteiger partial charge on any atom is -0.201 e. The zero-order chi connectivity index (χ0) is 25.2. The third kappa shape index (κ3) is 3.94. The molecule has 1 nitrogen and oxygen atoms in total. The minimum atomic E-state index is 0.566. The van der Waals surface area contributed by atoms with Crippen molar-refractivity contribution in [2.24, 2.45) is 17.9 Å². The fourth-order valence-corrected chi connectivity index (χ4v) is 7.80. The van der Waals surface area contributed by atoms with Crippen molar-refractivity contribution in [3.8, 4) is 22.4 Å². The molecule has 0 amide bonds. The molecule has 188 valence electrons. The monoisotopic (exact) mass is 478 g/mol. The van der Waals surface area contributed by atoms with Gasteiger partial charge >= 0.3 is 0 Å². The van der Waals surface area contributed by atoms with E-state index in [-0.39, 0.29) is 0 Å². The average Bonchev–Trinajstić information content (AvgIpc) is 3.23. The van der Waals surface area contributed by atoms with Gasteiger partial charge in [0.1, 0.15) is 7.05 Å². The van der Waals surface area contributed by atoms with Crippen LogP contribution in [0.15, 0.2) is 42.6 Å². The fraction of sp³-hybridized carbons (Fsp3) is 0.514. The largest absolute Gasteiger partial charge is 0.213 e. The minimum absolute atomic E-state index is 0.566. The third-order valence-corrected chi connectivity index (χ3v) is 10.5. The summed E-state index contributed by atoms with van der Waals surface area (Å²) in [6.07, 6.45) is 14.8. The molecule has 3 aliphatic rings. The standard InChI is InChI=1S/C35H44N/c1-23-10-11-29-28-9-7-8-27(26-12-14-35(15-13-26)18-16-34(4,5)17-19-35)30(28)21-31(29)33(23)32-20-24(2)25(3)22-36(32)6/h7-11,20,22,26H,12-19,21H2,1-6H3/q+1. The molecule has 1 heteroatoms. The Bertz CT molecular complexity index is 1320. The quantitative estimate of drug-likeness (QED) is 0.253. The van der Waals surface area contributed by atoms with Crippen molar-refractivity contribution in [2.75, 3.05) is 0 Å². The molecule has 0 bridgehead atoms. The second kappa shape index (κ2) is 8.57. The summed E-state index contributed by atoms with van der Waals surface area (Å²) in [5, 5.41) is 0. The summed E-state index contributed by atoms with van der Waals surface area (Å²) in [6, 6.07) is 14.3. The summed E-state index contributed by atoms with van der Waals surface area (Å²) in [6.45, 7) is 11.7. The molecule has 2 fully saturated rings. The van der Waals surface area contributed by atoms with E-state index >= 15 is 0 Å². The molecular formula is C35H44N+. The van der Waals surface area contributed by atoms with Crippen LogP contribution in [0, 0.1) is 31.6 Å². The molecule has 0 aliphatic heterocycles. The number of benzene rings is 2. The van der Waals surface area contributed by atoms with Crippen LogP contribution in [-0.2, 0) is 13.5 Å². The van der Waals surface area contributed by atoms with Gasteiger partial charge in [-0.3, -0.25) is 0 Å². The molecule has 1 spiro atoms. The third-order valence-electron chi connectivity index (χ3n) is 10.5. The molecule has 0 saturated heterocycles. The maximum absolute atomic E-state index is 2.48. The first-order valence-corrected chi connectivity index (χ1v) is 14.4. The maximum Gasteiger partial charge on any atom is 0.213 e. The van der Waals surface area contributed by atoms with Gasteiger partial charge in [-0.25, -0.2) is 4.57 Å². The van der Waals surface area contributed by atoms with Gasteiger partial charge in [0.15, 0.2) is 6.20 Å². The summed E-state index contributed by atoms with van der Waals surface area (Å²) >= 11 is 0. The molecule has 2 saturated carbocycles. The highest BCUT2D eigenvalue weighted by Gasteiger charge is 2.41. The predicted molar refractivity (Wildman–Crippen MR) is 151 cm³/mol. The molecule has 0 atom stereocenters. The number of hydrogen-bond donors (Lipinski definition) is 0. The Hall–Kier alpha value is -2.41. The lowest BCUT2D eigenvalue weighted by atomic mass is 9.58. The number of pyridine rings is 1. The highest BCUT2D eigenvalue weighted by atomic mass is 14.9. The summed E-state index contributed by atoms with van der Waals surface area (Å²) in [7, 11) is 2.21. The van der Waals surface area contributed by atoms with Gasteiger partial charge < -0.3 is 0 Å². The van der Waals surface area contributed by atoms with Crippen molar-refractivity contribution < 1.29 is 4.57 Å². The van der Waals surface area contributed by atoms with E-state index in [2.05, 4.69) is 88.8 Å². The van der Waals surface area contributed by atoms with Gasteiger partial charge in [0.2, 0.25) is 5.69 Å². The number of rotatable bonds is 2. The molecule has 3 aliphatic carbocycles. The molecule has 0 N–H and O–H groups in total. The lowest BCUT2D eigenvalue weighted by Crippen LogP contribution is -2.34. The molecular weight excluding hydrogens is 434 g/mol. The molecule has 1 aromatic heterocycles. The Morgan fingerprint density at radius 3 is 2.17 bits per heavy atom. The first kappa shape index (κ1) is 24.0. The highest BCUT2D eigenvalue weighted by Crippen LogP contribution is 2.55. The van der Waals surface area contributed by atoms with Crippen molar-refractivity contribution in [3.05, 3.63) is 76.0 Å². The Balaban J connectivity index is 1.32. The number of hydrogen-bond acceptors (Lipinski definition) is 0. The summed E-state index contributed by atoms with van der Waals surface area (Å²) in [4.78, 5) is 0. The molecule has 36 heavy (non-hydrogen) atoms. The number of aryl methyl sites for hydroxylation is 4. The van der Waals surface area contributed by atoms with E-state index in [1.54, 1.807) is 11.1 Å². The first-order chi connectivity index (χ1) is 17.2. The van der Waals surface area contributed by atoms with E-state index in [9.17, 15) is 0 Å². The smallest absolute Gasteiger partial charge is 0.201 e. The fourth-order valence-electron chi connectivity index (χ4n) is 7.80. The van der Waals surface area contributed by atoms with Crippen LogP contribution in [0.2, 0.25) is 0 Å². The first-order valence-electron chi connectivity index (χ1n) is 14.4. The van der Waals surface area contributed by atoms with Crippen LogP contribution in [0.4, 0.5) is 0 Å². The van der Waals surface area contributed by atoms with Gasteiger partial charge in [-0.15, -0.1) is 0 Å². The normalized spacial score (nSPS) is 20.4. The van der Waals surface area contributed by atoms with E-state index in [0.717, 1.165) is 12.3 Å². The van der Waals surface area contributed by atoms with Crippen LogP contribution >= 0.6 is 0 Å². The molecule has 3 aromatic rings. The van der Waals surface area contributed by atoms with Crippen molar-refractivity contribution >= 4 is 0 Å². The van der Waals surface area contributed by atoms with Crippen LogP contribution in [0.1, 0.15) is 105 Å². The molecule has 6 rings (SSSR count). The number of fused-ring (bicyclic) bond motifs is 3. The second-order valence-corrected chi connectivity index (χ2v) is 13.4. The zero-order valence-corrected chi connectivity index (χ0v) is 23.4. The molecule has 0 radical (unpaired) electrons. The number of aromatic nitrogens is 1. The van der Waals surface area contributed by atoms with Crippen LogP contribution < -0.4 is 4.57 Å². The van der Waals surface area contributed by atoms with E-state index in [4.69, 9.17) is 0 Å². The Labute approximate surface area is 219 Å². The van der Waals surface area contributed by atoms with Crippen LogP contribution in [0.25, 0.3) is 22.4 Å². The van der Waals surface area contributed by atoms with E-state index in [1.165, 1.54) is 96.0 Å². The van der Waals surface area contributed by atoms with E-state index in [1.807, 2.05) is 0 Å². The van der Waals surface area contributed by atoms with Gasteiger partial charge in [-0.2, -0.15) is 0 Å². The lowest BCUT2D eigenvalue weighted by molar-refractivity contribution is -0.660. The average molecular weight is 479 g/mol. The van der Waals surface area contributed by atoms with Gasteiger partial charge in [-0.1, -0.05) is 44.2 Å². The van der Waals surface area contributed by atoms with Gasteiger partial charge in [0, 0.05) is 11.6 Å². The van der Waals surface area contributed by atoms with Crippen molar-refractivity contribution in [3.63, 3.8) is 0 Å². The van der Waals surface area contributed by atoms with Crippen LogP contribution in [0.3, 0.4) is 0 Å². The number of nitrogens with zero attached hydrogens (tertiary/aromatic N) is 1. The van der Waals surface area contributed by atoms with E-state index in [0.29, 0.717) is 10.8 Å². The summed E-state index contributed by atoms with van der Waals surface area (Å²) < 4.78 is 2.33. The van der Waals surface area contributed by atoms with E-state index < -0.39 is 0 Å². The predicted octanol–water partition coefficient (Wildman–Crippen LogP) is 8.92. The summed E-state index contributed by atoms with van der Waals surface area (Å²) in [5.74, 6) is 0.733. The Morgan fingerprint density at radius 2 is 1.44 bits per heavy atom. The Morgan fingerprint density at radius 1 is 0.750 bits per heavy atom. The van der Waals surface area contributed by atoms with Gasteiger partial charge in [0.05, 0.1) is 5.56 Å².